The quantitative estimate of drug-likeness (QED) is 0.858. The lowest BCUT2D eigenvalue weighted by Crippen LogP contribution is -2.28. The highest BCUT2D eigenvalue weighted by molar-refractivity contribution is 5.97. The van der Waals surface area contributed by atoms with E-state index in [1.807, 2.05) is 24.4 Å². The number of hydrogen-bond donors (Lipinski definition) is 1. The maximum Gasteiger partial charge on any atom is 0.0951 e. The van der Waals surface area contributed by atoms with Crippen LogP contribution < -0.4 is 10.6 Å². The molecule has 100 valence electrons. The molecule has 1 aromatic heterocycles. The summed E-state index contributed by atoms with van der Waals surface area (Å²) in [5.74, 6) is 0. The minimum absolute atomic E-state index is 0.342. The Bertz CT molecular complexity index is 579. The highest BCUT2D eigenvalue weighted by Crippen LogP contribution is 2.28. The second-order valence-corrected chi connectivity index (χ2v) is 5.09. The first-order chi connectivity index (χ1) is 9.25. The van der Waals surface area contributed by atoms with Crippen molar-refractivity contribution in [2.45, 2.75) is 18.9 Å². The lowest BCUT2D eigenvalue weighted by atomic mass is 10.1. The van der Waals surface area contributed by atoms with Crippen LogP contribution in [0.15, 0.2) is 30.5 Å². The first-order valence-corrected chi connectivity index (χ1v) is 6.71. The van der Waals surface area contributed by atoms with Gasteiger partial charge in [0.25, 0.3) is 0 Å². The van der Waals surface area contributed by atoms with Gasteiger partial charge in [0.05, 0.1) is 17.3 Å². The standard InChI is InChI=1S/C15H19N3O/c1-18(10-11-4-3-9-19-11)14-7-8-17-15-12(14)5-2-6-13(15)16/h2,5-8,11H,3-4,9-10,16H2,1H3. The molecule has 3 rings (SSSR count). The predicted molar refractivity (Wildman–Crippen MR) is 78.4 cm³/mol. The van der Waals surface area contributed by atoms with Crippen molar-refractivity contribution in [1.82, 2.24) is 4.98 Å². The SMILES string of the molecule is CN(CC1CCCO1)c1ccnc2c(N)cccc12. The molecular formula is C15H19N3O. The zero-order valence-electron chi connectivity index (χ0n) is 11.2. The number of hydrogen-bond acceptors (Lipinski definition) is 4. The number of likely N-dealkylation sites (N-methyl/N-ethyl adjacent to an activating group) is 1. The number of ether oxygens (including phenoxy) is 1. The van der Waals surface area contributed by atoms with Crippen molar-refractivity contribution in [3.63, 3.8) is 0 Å². The van der Waals surface area contributed by atoms with Gasteiger partial charge in [-0.1, -0.05) is 12.1 Å². The molecule has 1 aliphatic rings. The molecule has 1 aliphatic heterocycles. The van der Waals surface area contributed by atoms with Crippen LogP contribution in [0.3, 0.4) is 0 Å². The van der Waals surface area contributed by atoms with Gasteiger partial charge in [-0.25, -0.2) is 0 Å². The summed E-state index contributed by atoms with van der Waals surface area (Å²) >= 11 is 0. The fourth-order valence-electron chi connectivity index (χ4n) is 2.71. The van der Waals surface area contributed by atoms with Crippen LogP contribution in [0, 0.1) is 0 Å². The van der Waals surface area contributed by atoms with Crippen LogP contribution in [-0.2, 0) is 4.74 Å². The second kappa shape index (κ2) is 5.05. The van der Waals surface area contributed by atoms with E-state index >= 15 is 0 Å². The van der Waals surface area contributed by atoms with E-state index in [4.69, 9.17) is 10.5 Å². The van der Waals surface area contributed by atoms with Crippen molar-refractivity contribution in [2.75, 3.05) is 30.8 Å². The van der Waals surface area contributed by atoms with Gasteiger partial charge in [-0.2, -0.15) is 0 Å². The largest absolute Gasteiger partial charge is 0.397 e. The Hall–Kier alpha value is -1.81. The van der Waals surface area contributed by atoms with Crippen molar-refractivity contribution in [3.05, 3.63) is 30.5 Å². The average molecular weight is 257 g/mol. The third kappa shape index (κ3) is 2.36. The van der Waals surface area contributed by atoms with Crippen LogP contribution in [0.25, 0.3) is 10.9 Å². The molecule has 2 aromatic rings. The number of nitrogen functional groups attached to an aromatic ring is 1. The monoisotopic (exact) mass is 257 g/mol. The molecule has 1 unspecified atom stereocenters. The van der Waals surface area contributed by atoms with Crippen LogP contribution in [0.4, 0.5) is 11.4 Å². The Morgan fingerprint density at radius 1 is 1.42 bits per heavy atom. The minimum atomic E-state index is 0.342. The van der Waals surface area contributed by atoms with E-state index in [1.165, 1.54) is 6.42 Å². The van der Waals surface area contributed by atoms with Crippen LogP contribution in [0.1, 0.15) is 12.8 Å². The number of aromatic nitrogens is 1. The number of fused-ring (bicyclic) bond motifs is 1. The number of anilines is 2. The third-order valence-corrected chi connectivity index (χ3v) is 3.69. The zero-order valence-corrected chi connectivity index (χ0v) is 11.2. The van der Waals surface area contributed by atoms with E-state index in [9.17, 15) is 0 Å². The van der Waals surface area contributed by atoms with Gasteiger partial charge in [-0.05, 0) is 25.0 Å². The number of para-hydroxylation sites is 1. The van der Waals surface area contributed by atoms with Gasteiger partial charge in [0, 0.05) is 37.5 Å². The molecule has 1 fully saturated rings. The summed E-state index contributed by atoms with van der Waals surface area (Å²) in [6, 6.07) is 7.97. The first-order valence-electron chi connectivity index (χ1n) is 6.71. The van der Waals surface area contributed by atoms with Crippen LogP contribution in [0.2, 0.25) is 0 Å². The minimum Gasteiger partial charge on any atom is -0.397 e. The third-order valence-electron chi connectivity index (χ3n) is 3.69. The molecule has 4 nitrogen and oxygen atoms in total. The van der Waals surface area contributed by atoms with Crippen molar-refractivity contribution >= 4 is 22.3 Å². The van der Waals surface area contributed by atoms with Gasteiger partial charge in [0.1, 0.15) is 0 Å². The van der Waals surface area contributed by atoms with E-state index < -0.39 is 0 Å². The summed E-state index contributed by atoms with van der Waals surface area (Å²) in [6.07, 6.45) is 4.48. The Morgan fingerprint density at radius 2 is 2.32 bits per heavy atom. The number of rotatable bonds is 3. The molecule has 4 heteroatoms. The summed E-state index contributed by atoms with van der Waals surface area (Å²) in [4.78, 5) is 6.61. The van der Waals surface area contributed by atoms with Gasteiger partial charge < -0.3 is 15.4 Å². The Labute approximate surface area is 113 Å². The number of nitrogens with zero attached hydrogens (tertiary/aromatic N) is 2. The smallest absolute Gasteiger partial charge is 0.0951 e. The Morgan fingerprint density at radius 3 is 3.11 bits per heavy atom. The highest BCUT2D eigenvalue weighted by atomic mass is 16.5. The average Bonchev–Trinajstić information content (AvgIpc) is 2.91. The summed E-state index contributed by atoms with van der Waals surface area (Å²) in [6.45, 7) is 1.80. The van der Waals surface area contributed by atoms with E-state index in [-0.39, 0.29) is 0 Å². The number of nitrogens with two attached hydrogens (primary N) is 1. The van der Waals surface area contributed by atoms with E-state index in [2.05, 4.69) is 23.0 Å². The van der Waals surface area contributed by atoms with Gasteiger partial charge in [0.2, 0.25) is 0 Å². The molecule has 2 heterocycles. The molecule has 1 aromatic carbocycles. The van der Waals surface area contributed by atoms with Crippen molar-refractivity contribution in [1.29, 1.82) is 0 Å². The Balaban J connectivity index is 1.93. The van der Waals surface area contributed by atoms with Crippen molar-refractivity contribution in [3.8, 4) is 0 Å². The molecule has 0 amide bonds. The fourth-order valence-corrected chi connectivity index (χ4v) is 2.71. The molecule has 0 spiro atoms. The zero-order chi connectivity index (χ0) is 13.2. The van der Waals surface area contributed by atoms with Crippen LogP contribution >= 0.6 is 0 Å². The second-order valence-electron chi connectivity index (χ2n) is 5.09. The van der Waals surface area contributed by atoms with Crippen molar-refractivity contribution in [2.24, 2.45) is 0 Å². The number of pyridine rings is 1. The maximum atomic E-state index is 5.98. The normalized spacial score (nSPS) is 18.9. The lowest BCUT2D eigenvalue weighted by Gasteiger charge is -2.24. The topological polar surface area (TPSA) is 51.4 Å². The van der Waals surface area contributed by atoms with E-state index in [1.54, 1.807) is 0 Å². The van der Waals surface area contributed by atoms with E-state index in [0.717, 1.165) is 41.9 Å². The van der Waals surface area contributed by atoms with Gasteiger partial charge in [0.15, 0.2) is 0 Å². The van der Waals surface area contributed by atoms with Gasteiger partial charge in [-0.15, -0.1) is 0 Å². The fraction of sp³-hybridized carbons (Fsp3) is 0.400. The predicted octanol–water partition coefficient (Wildman–Crippen LogP) is 2.43. The molecule has 0 aliphatic carbocycles. The summed E-state index contributed by atoms with van der Waals surface area (Å²) in [5, 5.41) is 1.10. The van der Waals surface area contributed by atoms with Crippen LogP contribution in [-0.4, -0.2) is 31.3 Å². The summed E-state index contributed by atoms with van der Waals surface area (Å²) in [5.41, 5.74) is 8.74. The van der Waals surface area contributed by atoms with E-state index in [0.29, 0.717) is 6.10 Å². The van der Waals surface area contributed by atoms with Gasteiger partial charge in [-0.3, -0.25) is 4.98 Å². The molecule has 19 heavy (non-hydrogen) atoms. The lowest BCUT2D eigenvalue weighted by molar-refractivity contribution is 0.116. The van der Waals surface area contributed by atoms with Gasteiger partial charge >= 0.3 is 0 Å². The van der Waals surface area contributed by atoms with Crippen molar-refractivity contribution < 1.29 is 4.74 Å². The molecule has 1 atom stereocenters. The molecule has 1 saturated heterocycles. The Kier molecular flexibility index (Phi) is 3.25. The van der Waals surface area contributed by atoms with Crippen LogP contribution in [0.5, 0.6) is 0 Å². The maximum absolute atomic E-state index is 5.98. The first kappa shape index (κ1) is 12.2. The molecular weight excluding hydrogens is 238 g/mol. The summed E-state index contributed by atoms with van der Waals surface area (Å²) < 4.78 is 5.70. The molecule has 0 saturated carbocycles. The number of benzene rings is 1. The molecule has 0 bridgehead atoms. The molecule has 2 N–H and O–H groups in total. The molecule has 0 radical (unpaired) electrons. The highest BCUT2D eigenvalue weighted by Gasteiger charge is 2.18. The summed E-state index contributed by atoms with van der Waals surface area (Å²) in [7, 11) is 2.10.